The van der Waals surface area contributed by atoms with Crippen LogP contribution >= 0.6 is 15.9 Å². The van der Waals surface area contributed by atoms with E-state index >= 15 is 0 Å². The average molecular weight is 420 g/mol. The zero-order chi connectivity index (χ0) is 18.4. The minimum absolute atomic E-state index is 0.539. The van der Waals surface area contributed by atoms with Gasteiger partial charge in [0.25, 0.3) is 0 Å². The molecule has 0 fully saturated rings. The van der Waals surface area contributed by atoms with E-state index in [1.54, 1.807) is 0 Å². The standard InChI is InChI=1S/C23H47BrO/c1-3-5-7-12-15-19-23(25-22-18-8-6-4-2)20-16-13-10-9-11-14-17-21-24/h23H,3-22H2,1-2H3. The molecule has 25 heavy (non-hydrogen) atoms. The maximum atomic E-state index is 6.25. The quantitative estimate of drug-likeness (QED) is 0.133. The average Bonchev–Trinajstić information content (AvgIpc) is 2.62. The lowest BCUT2D eigenvalue weighted by Gasteiger charge is -2.18. The number of hydrogen-bond acceptors (Lipinski definition) is 1. The molecule has 0 aliphatic heterocycles. The summed E-state index contributed by atoms with van der Waals surface area (Å²) >= 11 is 3.51. The summed E-state index contributed by atoms with van der Waals surface area (Å²) < 4.78 is 6.25. The summed E-state index contributed by atoms with van der Waals surface area (Å²) in [6, 6.07) is 0. The molecular formula is C23H47BrO. The van der Waals surface area contributed by atoms with E-state index in [0.717, 1.165) is 6.61 Å². The van der Waals surface area contributed by atoms with Crippen molar-refractivity contribution < 1.29 is 4.74 Å². The molecule has 0 N–H and O–H groups in total. The third-order valence-corrected chi connectivity index (χ3v) is 5.70. The molecule has 0 rings (SSSR count). The predicted octanol–water partition coefficient (Wildman–Crippen LogP) is 8.83. The Morgan fingerprint density at radius 2 is 1.00 bits per heavy atom. The topological polar surface area (TPSA) is 9.23 Å². The number of halogens is 1. The Bertz CT molecular complexity index is 218. The molecule has 0 aliphatic carbocycles. The van der Waals surface area contributed by atoms with Crippen LogP contribution in [0.25, 0.3) is 0 Å². The van der Waals surface area contributed by atoms with Crippen LogP contribution in [0.15, 0.2) is 0 Å². The van der Waals surface area contributed by atoms with Crippen molar-refractivity contribution in [3.05, 3.63) is 0 Å². The van der Waals surface area contributed by atoms with E-state index in [1.807, 2.05) is 0 Å². The molecule has 0 amide bonds. The smallest absolute Gasteiger partial charge is 0.0575 e. The van der Waals surface area contributed by atoms with Gasteiger partial charge in [0.2, 0.25) is 0 Å². The van der Waals surface area contributed by atoms with Crippen molar-refractivity contribution in [2.75, 3.05) is 11.9 Å². The van der Waals surface area contributed by atoms with Crippen LogP contribution in [0, 0.1) is 0 Å². The molecule has 0 radical (unpaired) electrons. The van der Waals surface area contributed by atoms with Gasteiger partial charge in [-0.3, -0.25) is 0 Å². The first-order chi connectivity index (χ1) is 12.3. The van der Waals surface area contributed by atoms with Gasteiger partial charge in [-0.25, -0.2) is 0 Å². The maximum Gasteiger partial charge on any atom is 0.0575 e. The van der Waals surface area contributed by atoms with Crippen LogP contribution < -0.4 is 0 Å². The van der Waals surface area contributed by atoms with Crippen molar-refractivity contribution >= 4 is 15.9 Å². The highest BCUT2D eigenvalue weighted by atomic mass is 79.9. The first-order valence-corrected chi connectivity index (χ1v) is 12.6. The van der Waals surface area contributed by atoms with Crippen molar-refractivity contribution in [3.8, 4) is 0 Å². The fraction of sp³-hybridized carbons (Fsp3) is 1.00. The summed E-state index contributed by atoms with van der Waals surface area (Å²) in [5, 5.41) is 1.17. The van der Waals surface area contributed by atoms with Gasteiger partial charge in [-0.05, 0) is 25.7 Å². The molecule has 0 heterocycles. The molecule has 0 bridgehead atoms. The van der Waals surface area contributed by atoms with Crippen molar-refractivity contribution in [3.63, 3.8) is 0 Å². The van der Waals surface area contributed by atoms with E-state index in [-0.39, 0.29) is 0 Å². The normalized spacial score (nSPS) is 12.6. The van der Waals surface area contributed by atoms with Crippen LogP contribution in [0.3, 0.4) is 0 Å². The lowest BCUT2D eigenvalue weighted by molar-refractivity contribution is 0.0357. The van der Waals surface area contributed by atoms with Crippen LogP contribution in [-0.2, 0) is 4.74 Å². The molecule has 0 aliphatic rings. The number of ether oxygens (including phenoxy) is 1. The monoisotopic (exact) mass is 418 g/mol. The molecule has 0 aromatic rings. The third-order valence-electron chi connectivity index (χ3n) is 5.14. The second kappa shape index (κ2) is 22.5. The van der Waals surface area contributed by atoms with Gasteiger partial charge in [-0.2, -0.15) is 0 Å². The first-order valence-electron chi connectivity index (χ1n) is 11.5. The van der Waals surface area contributed by atoms with Crippen LogP contribution in [0.2, 0.25) is 0 Å². The minimum Gasteiger partial charge on any atom is -0.378 e. The third kappa shape index (κ3) is 20.6. The molecule has 2 heteroatoms. The Morgan fingerprint density at radius 1 is 0.560 bits per heavy atom. The molecular weight excluding hydrogens is 372 g/mol. The zero-order valence-electron chi connectivity index (χ0n) is 17.5. The Balaban J connectivity index is 3.71. The van der Waals surface area contributed by atoms with Crippen molar-refractivity contribution in [1.29, 1.82) is 0 Å². The lowest BCUT2D eigenvalue weighted by atomic mass is 10.0. The van der Waals surface area contributed by atoms with Crippen molar-refractivity contribution in [1.82, 2.24) is 0 Å². The number of hydrogen-bond donors (Lipinski definition) is 0. The maximum absolute atomic E-state index is 6.25. The predicted molar refractivity (Wildman–Crippen MR) is 118 cm³/mol. The summed E-state index contributed by atoms with van der Waals surface area (Å²) in [6.07, 6.45) is 25.1. The fourth-order valence-electron chi connectivity index (χ4n) is 3.42. The first kappa shape index (κ1) is 25.4. The fourth-order valence-corrected chi connectivity index (χ4v) is 3.81. The molecule has 0 spiro atoms. The highest BCUT2D eigenvalue weighted by molar-refractivity contribution is 9.09. The number of unbranched alkanes of at least 4 members (excludes halogenated alkanes) is 13. The molecule has 0 aromatic heterocycles. The molecule has 0 saturated heterocycles. The summed E-state index contributed by atoms with van der Waals surface area (Å²) in [5.74, 6) is 0. The SMILES string of the molecule is CCCCCCCC(CCCCCCCCCBr)OCCCCCC. The van der Waals surface area contributed by atoms with Gasteiger partial charge in [-0.1, -0.05) is 120 Å². The Hall–Kier alpha value is 0.440. The van der Waals surface area contributed by atoms with Gasteiger partial charge in [0, 0.05) is 11.9 Å². The van der Waals surface area contributed by atoms with E-state index in [2.05, 4.69) is 29.8 Å². The van der Waals surface area contributed by atoms with E-state index in [1.165, 1.54) is 121 Å². The molecule has 1 unspecified atom stereocenters. The second-order valence-electron chi connectivity index (χ2n) is 7.71. The lowest BCUT2D eigenvalue weighted by Crippen LogP contribution is -2.14. The summed E-state index contributed by atoms with van der Waals surface area (Å²) in [4.78, 5) is 0. The summed E-state index contributed by atoms with van der Waals surface area (Å²) in [7, 11) is 0. The van der Waals surface area contributed by atoms with Gasteiger partial charge >= 0.3 is 0 Å². The zero-order valence-corrected chi connectivity index (χ0v) is 19.1. The Morgan fingerprint density at radius 3 is 1.52 bits per heavy atom. The van der Waals surface area contributed by atoms with E-state index in [9.17, 15) is 0 Å². The Labute approximate surface area is 168 Å². The molecule has 1 atom stereocenters. The minimum atomic E-state index is 0.539. The molecule has 0 aromatic carbocycles. The van der Waals surface area contributed by atoms with E-state index in [4.69, 9.17) is 4.74 Å². The van der Waals surface area contributed by atoms with Gasteiger partial charge in [-0.15, -0.1) is 0 Å². The molecule has 152 valence electrons. The Kier molecular flexibility index (Phi) is 22.9. The van der Waals surface area contributed by atoms with Crippen molar-refractivity contribution in [2.24, 2.45) is 0 Å². The van der Waals surface area contributed by atoms with E-state index in [0.29, 0.717) is 6.10 Å². The van der Waals surface area contributed by atoms with Crippen LogP contribution in [0.5, 0.6) is 0 Å². The number of alkyl halides is 1. The summed E-state index contributed by atoms with van der Waals surface area (Å²) in [5.41, 5.74) is 0. The van der Waals surface area contributed by atoms with Gasteiger partial charge in [0.1, 0.15) is 0 Å². The molecule has 1 nitrogen and oxygen atoms in total. The van der Waals surface area contributed by atoms with Crippen molar-refractivity contribution in [2.45, 2.75) is 136 Å². The van der Waals surface area contributed by atoms with Crippen LogP contribution in [-0.4, -0.2) is 18.0 Å². The molecule has 0 saturated carbocycles. The van der Waals surface area contributed by atoms with Gasteiger partial charge < -0.3 is 4.74 Å². The van der Waals surface area contributed by atoms with E-state index < -0.39 is 0 Å². The summed E-state index contributed by atoms with van der Waals surface area (Å²) in [6.45, 7) is 5.56. The highest BCUT2D eigenvalue weighted by Gasteiger charge is 2.09. The second-order valence-corrected chi connectivity index (χ2v) is 8.50. The highest BCUT2D eigenvalue weighted by Crippen LogP contribution is 2.17. The number of rotatable bonds is 21. The van der Waals surface area contributed by atoms with Crippen LogP contribution in [0.4, 0.5) is 0 Å². The largest absolute Gasteiger partial charge is 0.378 e. The van der Waals surface area contributed by atoms with Gasteiger partial charge in [0.15, 0.2) is 0 Å². The van der Waals surface area contributed by atoms with Gasteiger partial charge in [0.05, 0.1) is 6.10 Å². The van der Waals surface area contributed by atoms with Crippen LogP contribution in [0.1, 0.15) is 129 Å².